The van der Waals surface area contributed by atoms with Crippen LogP contribution in [0.4, 0.5) is 5.69 Å². The lowest BCUT2D eigenvalue weighted by Crippen LogP contribution is -2.50. The van der Waals surface area contributed by atoms with Gasteiger partial charge in [0.15, 0.2) is 6.61 Å². The highest BCUT2D eigenvalue weighted by molar-refractivity contribution is 6.00. The van der Waals surface area contributed by atoms with Crippen molar-refractivity contribution in [2.75, 3.05) is 18.1 Å². The van der Waals surface area contributed by atoms with Crippen LogP contribution in [0.1, 0.15) is 38.3 Å². The molecule has 0 spiro atoms. The number of hydrogen-bond acceptors (Lipinski definition) is 5. The van der Waals surface area contributed by atoms with Gasteiger partial charge in [0, 0.05) is 18.7 Å². The summed E-state index contributed by atoms with van der Waals surface area (Å²) < 4.78 is 5.11. The fourth-order valence-electron chi connectivity index (χ4n) is 3.01. The Morgan fingerprint density at radius 1 is 1.39 bits per heavy atom. The molecular weight excluding hydrogens is 358 g/mol. The highest BCUT2D eigenvalue weighted by Crippen LogP contribution is 2.29. The third-order valence-electron chi connectivity index (χ3n) is 5.46. The first-order valence-corrected chi connectivity index (χ1v) is 9.34. The molecule has 1 fully saturated rings. The summed E-state index contributed by atoms with van der Waals surface area (Å²) in [7, 11) is 0. The molecule has 7 heteroatoms. The molecular formula is C21H27N3O4. The number of ether oxygens (including phenoxy) is 1. The number of esters is 1. The van der Waals surface area contributed by atoms with Crippen LogP contribution in [0.3, 0.4) is 0 Å². The van der Waals surface area contributed by atoms with Crippen LogP contribution in [0.5, 0.6) is 0 Å². The van der Waals surface area contributed by atoms with Crippen molar-refractivity contribution in [1.82, 2.24) is 5.32 Å². The zero-order valence-corrected chi connectivity index (χ0v) is 17.0. The van der Waals surface area contributed by atoms with E-state index in [4.69, 9.17) is 4.74 Å². The van der Waals surface area contributed by atoms with Gasteiger partial charge in [0.25, 0.3) is 5.91 Å². The Morgan fingerprint density at radius 3 is 2.68 bits per heavy atom. The van der Waals surface area contributed by atoms with Crippen LogP contribution in [0, 0.1) is 37.0 Å². The minimum Gasteiger partial charge on any atom is -0.455 e. The van der Waals surface area contributed by atoms with Crippen LogP contribution >= 0.6 is 0 Å². The second kappa shape index (κ2) is 8.42. The Kier molecular flexibility index (Phi) is 6.45. The van der Waals surface area contributed by atoms with E-state index < -0.39 is 29.9 Å². The van der Waals surface area contributed by atoms with Gasteiger partial charge in [0.05, 0.1) is 12.0 Å². The van der Waals surface area contributed by atoms with Gasteiger partial charge in [-0.2, -0.15) is 5.26 Å². The normalized spacial score (nSPS) is 18.5. The fraction of sp³-hybridized carbons (Fsp3) is 0.524. The average molecular weight is 385 g/mol. The monoisotopic (exact) mass is 385 g/mol. The zero-order chi connectivity index (χ0) is 21.1. The second-order valence-corrected chi connectivity index (χ2v) is 7.75. The molecule has 2 rings (SSSR count). The molecule has 1 aromatic rings. The molecule has 1 heterocycles. The molecule has 0 saturated carbocycles. The molecule has 1 N–H and O–H groups in total. The van der Waals surface area contributed by atoms with Crippen molar-refractivity contribution in [1.29, 1.82) is 5.26 Å². The predicted molar refractivity (Wildman–Crippen MR) is 104 cm³/mol. The number of amides is 2. The first-order chi connectivity index (χ1) is 13.1. The van der Waals surface area contributed by atoms with Crippen molar-refractivity contribution >= 4 is 23.5 Å². The van der Waals surface area contributed by atoms with E-state index in [0.29, 0.717) is 0 Å². The molecule has 1 aliphatic rings. The van der Waals surface area contributed by atoms with E-state index in [9.17, 15) is 19.6 Å². The predicted octanol–water partition coefficient (Wildman–Crippen LogP) is 2.25. The van der Waals surface area contributed by atoms with Gasteiger partial charge in [-0.25, -0.2) is 0 Å². The summed E-state index contributed by atoms with van der Waals surface area (Å²) in [6.45, 7) is 8.92. The lowest BCUT2D eigenvalue weighted by molar-refractivity contribution is -0.152. The van der Waals surface area contributed by atoms with Crippen LogP contribution < -0.4 is 10.2 Å². The van der Waals surface area contributed by atoms with E-state index in [1.165, 1.54) is 0 Å². The van der Waals surface area contributed by atoms with Gasteiger partial charge in [-0.3, -0.25) is 14.4 Å². The molecule has 0 radical (unpaired) electrons. The van der Waals surface area contributed by atoms with Gasteiger partial charge in [0.2, 0.25) is 5.91 Å². The number of rotatable bonds is 6. The fourth-order valence-corrected chi connectivity index (χ4v) is 3.01. The Bertz CT molecular complexity index is 827. The van der Waals surface area contributed by atoms with Crippen LogP contribution in [-0.4, -0.2) is 36.5 Å². The summed E-state index contributed by atoms with van der Waals surface area (Å²) in [6, 6.07) is 7.77. The molecule has 2 atom stereocenters. The third-order valence-corrected chi connectivity index (χ3v) is 5.46. The maximum Gasteiger partial charge on any atom is 0.311 e. The first kappa shape index (κ1) is 21.4. The van der Waals surface area contributed by atoms with Gasteiger partial charge in [-0.15, -0.1) is 0 Å². The van der Waals surface area contributed by atoms with Crippen molar-refractivity contribution in [2.45, 2.75) is 46.6 Å². The van der Waals surface area contributed by atoms with E-state index in [1.807, 2.05) is 45.9 Å². The standard InChI is InChI=1S/C21H27N3O4/c1-13(2)21(5,12-22)23-18(25)11-28-20(27)16-9-19(26)24(10-16)17-8-6-7-14(3)15(17)4/h6-8,13,16H,9-11H2,1-5H3,(H,23,25)/t16-,21-/m0/s1. The smallest absolute Gasteiger partial charge is 0.311 e. The Labute approximate surface area is 165 Å². The number of hydrogen-bond donors (Lipinski definition) is 1. The van der Waals surface area contributed by atoms with Crippen molar-refractivity contribution < 1.29 is 19.1 Å². The summed E-state index contributed by atoms with van der Waals surface area (Å²) in [5.74, 6) is -1.98. The summed E-state index contributed by atoms with van der Waals surface area (Å²) in [4.78, 5) is 38.4. The minimum atomic E-state index is -1.04. The van der Waals surface area contributed by atoms with E-state index in [-0.39, 0.29) is 24.8 Å². The molecule has 1 aromatic carbocycles. The lowest BCUT2D eigenvalue weighted by Gasteiger charge is -2.27. The Morgan fingerprint density at radius 2 is 2.07 bits per heavy atom. The van der Waals surface area contributed by atoms with E-state index in [1.54, 1.807) is 11.8 Å². The molecule has 7 nitrogen and oxygen atoms in total. The summed E-state index contributed by atoms with van der Waals surface area (Å²) in [5.41, 5.74) is 1.82. The topological polar surface area (TPSA) is 99.5 Å². The van der Waals surface area contributed by atoms with Crippen LogP contribution in [-0.2, 0) is 19.1 Å². The number of benzene rings is 1. The molecule has 1 saturated heterocycles. The number of anilines is 1. The third kappa shape index (κ3) is 4.50. The van der Waals surface area contributed by atoms with E-state index >= 15 is 0 Å². The molecule has 0 unspecified atom stereocenters. The molecule has 28 heavy (non-hydrogen) atoms. The maximum absolute atomic E-state index is 12.4. The van der Waals surface area contributed by atoms with Crippen molar-refractivity contribution in [3.63, 3.8) is 0 Å². The molecule has 150 valence electrons. The Balaban J connectivity index is 1.96. The van der Waals surface area contributed by atoms with Crippen molar-refractivity contribution in [2.24, 2.45) is 11.8 Å². The molecule has 0 aromatic heterocycles. The van der Waals surface area contributed by atoms with Gasteiger partial charge in [-0.1, -0.05) is 26.0 Å². The number of nitrogens with zero attached hydrogens (tertiary/aromatic N) is 2. The van der Waals surface area contributed by atoms with E-state index in [2.05, 4.69) is 11.4 Å². The Hall–Kier alpha value is -2.88. The highest BCUT2D eigenvalue weighted by Gasteiger charge is 2.37. The molecule has 1 aliphatic heterocycles. The summed E-state index contributed by atoms with van der Waals surface area (Å²) >= 11 is 0. The largest absolute Gasteiger partial charge is 0.455 e. The van der Waals surface area contributed by atoms with Crippen LogP contribution in [0.2, 0.25) is 0 Å². The quantitative estimate of drug-likeness (QED) is 0.757. The summed E-state index contributed by atoms with van der Waals surface area (Å²) in [6.07, 6.45) is 0.0513. The van der Waals surface area contributed by atoms with Crippen molar-refractivity contribution in [3.8, 4) is 6.07 Å². The number of carbonyl (C=O) groups is 3. The highest BCUT2D eigenvalue weighted by atomic mass is 16.5. The average Bonchev–Trinajstić information content (AvgIpc) is 3.03. The van der Waals surface area contributed by atoms with E-state index in [0.717, 1.165) is 16.8 Å². The zero-order valence-electron chi connectivity index (χ0n) is 17.0. The van der Waals surface area contributed by atoms with Crippen LogP contribution in [0.15, 0.2) is 18.2 Å². The number of carbonyl (C=O) groups excluding carboxylic acids is 3. The minimum absolute atomic E-state index is 0.0513. The number of nitrogens with one attached hydrogen (secondary N) is 1. The van der Waals surface area contributed by atoms with Crippen molar-refractivity contribution in [3.05, 3.63) is 29.3 Å². The lowest BCUT2D eigenvalue weighted by atomic mass is 9.90. The number of nitriles is 1. The van der Waals surface area contributed by atoms with Gasteiger partial charge in [-0.05, 0) is 43.9 Å². The molecule has 2 amide bonds. The molecule has 0 aliphatic carbocycles. The summed E-state index contributed by atoms with van der Waals surface area (Å²) in [5, 5.41) is 11.8. The van der Waals surface area contributed by atoms with Gasteiger partial charge < -0.3 is 15.0 Å². The van der Waals surface area contributed by atoms with Crippen LogP contribution in [0.25, 0.3) is 0 Å². The first-order valence-electron chi connectivity index (χ1n) is 9.34. The van der Waals surface area contributed by atoms with Gasteiger partial charge >= 0.3 is 5.97 Å². The molecule has 0 bridgehead atoms. The maximum atomic E-state index is 12.4. The van der Waals surface area contributed by atoms with Gasteiger partial charge in [0.1, 0.15) is 5.54 Å². The number of aryl methyl sites for hydroxylation is 1. The second-order valence-electron chi connectivity index (χ2n) is 7.75. The SMILES string of the molecule is Cc1cccc(N2C[C@@H](C(=O)OCC(=O)N[C@@](C)(C#N)C(C)C)CC2=O)c1C.